The first-order chi connectivity index (χ1) is 9.93. The summed E-state index contributed by atoms with van der Waals surface area (Å²) in [5, 5.41) is 6.31. The fraction of sp³-hybridized carbons (Fsp3) is 0.625. The van der Waals surface area contributed by atoms with E-state index in [9.17, 15) is 4.79 Å². The molecular formula is C16H28N4O. The molecule has 2 N–H and O–H groups in total. The van der Waals surface area contributed by atoms with Crippen molar-refractivity contribution in [1.29, 1.82) is 0 Å². The Balaban J connectivity index is 2.73. The van der Waals surface area contributed by atoms with Gasteiger partial charge in [0.05, 0.1) is 0 Å². The molecule has 5 heteroatoms. The van der Waals surface area contributed by atoms with Gasteiger partial charge in [-0.25, -0.2) is 4.98 Å². The van der Waals surface area contributed by atoms with Crippen molar-refractivity contribution < 1.29 is 4.79 Å². The summed E-state index contributed by atoms with van der Waals surface area (Å²) >= 11 is 0. The summed E-state index contributed by atoms with van der Waals surface area (Å²) in [5.74, 6) is 1.09. The molecule has 0 aliphatic rings. The van der Waals surface area contributed by atoms with Gasteiger partial charge in [-0.3, -0.25) is 4.79 Å². The molecule has 1 heterocycles. The van der Waals surface area contributed by atoms with Crippen molar-refractivity contribution in [3.05, 3.63) is 23.9 Å². The molecule has 0 bridgehead atoms. The van der Waals surface area contributed by atoms with Crippen LogP contribution in [0.4, 0.5) is 5.82 Å². The minimum Gasteiger partial charge on any atom is -0.370 e. The summed E-state index contributed by atoms with van der Waals surface area (Å²) in [5.41, 5.74) is 0.646. The van der Waals surface area contributed by atoms with Crippen LogP contribution in [0, 0.1) is 5.92 Å². The summed E-state index contributed by atoms with van der Waals surface area (Å²) in [6.45, 7) is 8.02. The largest absolute Gasteiger partial charge is 0.370 e. The molecule has 21 heavy (non-hydrogen) atoms. The highest BCUT2D eigenvalue weighted by Crippen LogP contribution is 2.09. The van der Waals surface area contributed by atoms with Crippen LogP contribution >= 0.6 is 0 Å². The van der Waals surface area contributed by atoms with E-state index in [1.807, 2.05) is 14.1 Å². The molecule has 118 valence electrons. The smallest absolute Gasteiger partial charge is 0.251 e. The Hall–Kier alpha value is -1.62. The van der Waals surface area contributed by atoms with Gasteiger partial charge in [0.1, 0.15) is 5.82 Å². The number of anilines is 1. The molecule has 0 saturated carbocycles. The van der Waals surface area contributed by atoms with Crippen LogP contribution in [-0.4, -0.2) is 49.0 Å². The first-order valence-corrected chi connectivity index (χ1v) is 7.59. The number of aromatic nitrogens is 1. The van der Waals surface area contributed by atoms with E-state index in [1.165, 1.54) is 0 Å². The van der Waals surface area contributed by atoms with Crippen molar-refractivity contribution in [2.24, 2.45) is 5.92 Å². The quantitative estimate of drug-likeness (QED) is 0.771. The number of hydrogen-bond donors (Lipinski definition) is 2. The Labute approximate surface area is 128 Å². The lowest BCUT2D eigenvalue weighted by Gasteiger charge is -2.25. The molecule has 1 amide bonds. The van der Waals surface area contributed by atoms with E-state index < -0.39 is 0 Å². The molecule has 0 spiro atoms. The summed E-state index contributed by atoms with van der Waals surface area (Å²) in [6, 6.07) is 3.69. The summed E-state index contributed by atoms with van der Waals surface area (Å²) in [6.07, 6.45) is 2.69. The highest BCUT2D eigenvalue weighted by atomic mass is 16.1. The predicted octanol–water partition coefficient (Wildman–Crippen LogP) is 2.22. The van der Waals surface area contributed by atoms with Gasteiger partial charge in [-0.15, -0.1) is 0 Å². The molecule has 0 saturated heterocycles. The fourth-order valence-electron chi connectivity index (χ4n) is 1.99. The van der Waals surface area contributed by atoms with E-state index >= 15 is 0 Å². The topological polar surface area (TPSA) is 57.3 Å². The van der Waals surface area contributed by atoms with E-state index in [4.69, 9.17) is 0 Å². The number of hydrogen-bond acceptors (Lipinski definition) is 4. The van der Waals surface area contributed by atoms with Gasteiger partial charge in [0.25, 0.3) is 5.91 Å². The van der Waals surface area contributed by atoms with Crippen LogP contribution in [0.15, 0.2) is 18.3 Å². The maximum Gasteiger partial charge on any atom is 0.251 e. The molecule has 5 nitrogen and oxygen atoms in total. The van der Waals surface area contributed by atoms with E-state index in [0.717, 1.165) is 25.3 Å². The molecule has 1 aromatic rings. The standard InChI is InChI=1S/C16H28N4O/c1-6-8-17-15-10-13(7-9-18-15)16(21)19-14(12(2)3)11-20(4)5/h7,9-10,12,14H,6,8,11H2,1-5H3,(H,17,18)(H,19,21). The Morgan fingerprint density at radius 1 is 1.38 bits per heavy atom. The third-order valence-corrected chi connectivity index (χ3v) is 3.26. The van der Waals surface area contributed by atoms with Gasteiger partial charge in [0.2, 0.25) is 0 Å². The third-order valence-electron chi connectivity index (χ3n) is 3.26. The molecular weight excluding hydrogens is 264 g/mol. The molecule has 0 aromatic carbocycles. The lowest BCUT2D eigenvalue weighted by Crippen LogP contribution is -2.45. The predicted molar refractivity (Wildman–Crippen MR) is 87.7 cm³/mol. The van der Waals surface area contributed by atoms with Crippen LogP contribution in [0.5, 0.6) is 0 Å². The van der Waals surface area contributed by atoms with Crippen molar-refractivity contribution in [3.63, 3.8) is 0 Å². The van der Waals surface area contributed by atoms with Gasteiger partial charge in [-0.1, -0.05) is 20.8 Å². The number of nitrogens with one attached hydrogen (secondary N) is 2. The minimum absolute atomic E-state index is 0.0440. The number of carbonyl (C=O) groups is 1. The van der Waals surface area contributed by atoms with Crippen molar-refractivity contribution in [1.82, 2.24) is 15.2 Å². The van der Waals surface area contributed by atoms with Gasteiger partial charge in [0, 0.05) is 30.9 Å². The van der Waals surface area contributed by atoms with E-state index in [1.54, 1.807) is 18.3 Å². The zero-order chi connectivity index (χ0) is 15.8. The van der Waals surface area contributed by atoms with Crippen LogP contribution in [-0.2, 0) is 0 Å². The third kappa shape index (κ3) is 6.12. The van der Waals surface area contributed by atoms with Crippen LogP contribution in [0.1, 0.15) is 37.6 Å². The number of amides is 1. The zero-order valence-electron chi connectivity index (χ0n) is 13.8. The SMILES string of the molecule is CCCNc1cc(C(=O)NC(CN(C)C)C(C)C)ccn1. The van der Waals surface area contributed by atoms with Gasteiger partial charge >= 0.3 is 0 Å². The fourth-order valence-corrected chi connectivity index (χ4v) is 1.99. The summed E-state index contributed by atoms with van der Waals surface area (Å²) in [7, 11) is 4.03. The van der Waals surface area contributed by atoms with Crippen LogP contribution in [0.25, 0.3) is 0 Å². The molecule has 1 rings (SSSR count). The zero-order valence-corrected chi connectivity index (χ0v) is 13.8. The lowest BCUT2D eigenvalue weighted by molar-refractivity contribution is 0.0916. The van der Waals surface area contributed by atoms with Gasteiger partial charge < -0.3 is 15.5 Å². The Morgan fingerprint density at radius 2 is 2.10 bits per heavy atom. The highest BCUT2D eigenvalue weighted by molar-refractivity contribution is 5.95. The monoisotopic (exact) mass is 292 g/mol. The molecule has 0 aliphatic heterocycles. The van der Waals surface area contributed by atoms with Crippen molar-refractivity contribution in [2.75, 3.05) is 32.5 Å². The van der Waals surface area contributed by atoms with Crippen LogP contribution in [0.2, 0.25) is 0 Å². The number of nitrogens with zero attached hydrogens (tertiary/aromatic N) is 2. The molecule has 1 unspecified atom stereocenters. The maximum absolute atomic E-state index is 12.4. The number of pyridine rings is 1. The van der Waals surface area contributed by atoms with Crippen molar-refractivity contribution in [2.45, 2.75) is 33.2 Å². The number of carbonyl (C=O) groups excluding carboxylic acids is 1. The summed E-state index contributed by atoms with van der Waals surface area (Å²) < 4.78 is 0. The normalized spacial score (nSPS) is 12.5. The van der Waals surface area contributed by atoms with Gasteiger partial charge in [-0.2, -0.15) is 0 Å². The molecule has 1 atom stereocenters. The highest BCUT2D eigenvalue weighted by Gasteiger charge is 2.18. The van der Waals surface area contributed by atoms with E-state index in [0.29, 0.717) is 11.5 Å². The Kier molecular flexibility index (Phi) is 7.15. The average molecular weight is 292 g/mol. The average Bonchev–Trinajstić information content (AvgIpc) is 2.44. The molecule has 0 fully saturated rings. The molecule has 1 aromatic heterocycles. The molecule has 0 aliphatic carbocycles. The van der Waals surface area contributed by atoms with Gasteiger partial charge in [0.15, 0.2) is 0 Å². The first-order valence-electron chi connectivity index (χ1n) is 7.59. The lowest BCUT2D eigenvalue weighted by atomic mass is 10.0. The van der Waals surface area contributed by atoms with Crippen molar-refractivity contribution >= 4 is 11.7 Å². The number of rotatable bonds is 8. The maximum atomic E-state index is 12.4. The van der Waals surface area contributed by atoms with Crippen molar-refractivity contribution in [3.8, 4) is 0 Å². The minimum atomic E-state index is -0.0440. The summed E-state index contributed by atoms with van der Waals surface area (Å²) in [4.78, 5) is 18.7. The Bertz CT molecular complexity index is 446. The van der Waals surface area contributed by atoms with E-state index in [2.05, 4.69) is 41.3 Å². The van der Waals surface area contributed by atoms with Crippen LogP contribution < -0.4 is 10.6 Å². The molecule has 0 radical (unpaired) electrons. The van der Waals surface area contributed by atoms with Crippen LogP contribution in [0.3, 0.4) is 0 Å². The second kappa shape index (κ2) is 8.62. The van der Waals surface area contributed by atoms with Gasteiger partial charge in [-0.05, 0) is 38.6 Å². The second-order valence-corrected chi connectivity index (χ2v) is 5.94. The number of likely N-dealkylation sites (N-methyl/N-ethyl adjacent to an activating group) is 1. The second-order valence-electron chi connectivity index (χ2n) is 5.94. The Morgan fingerprint density at radius 3 is 2.67 bits per heavy atom. The first kappa shape index (κ1) is 17.4. The van der Waals surface area contributed by atoms with E-state index in [-0.39, 0.29) is 11.9 Å².